The van der Waals surface area contributed by atoms with E-state index in [4.69, 9.17) is 32.7 Å². The molecule has 45 heavy (non-hydrogen) atoms. The minimum absolute atomic E-state index is 0.0320. The molecule has 1 N–H and O–H groups in total. The zero-order valence-corrected chi connectivity index (χ0v) is 27.0. The molecule has 0 bridgehead atoms. The van der Waals surface area contributed by atoms with Crippen LogP contribution in [-0.2, 0) is 39.0 Å². The van der Waals surface area contributed by atoms with Crippen molar-refractivity contribution in [3.8, 4) is 5.69 Å². The molecular weight excluding hydrogens is 621 g/mol. The van der Waals surface area contributed by atoms with Gasteiger partial charge < -0.3 is 14.8 Å². The van der Waals surface area contributed by atoms with Gasteiger partial charge in [0, 0.05) is 19.9 Å². The maximum absolute atomic E-state index is 13.6. The number of amides is 1. The van der Waals surface area contributed by atoms with Gasteiger partial charge in [-0.2, -0.15) is 0 Å². The molecule has 1 atom stereocenters. The molecule has 12 heteroatoms. The van der Waals surface area contributed by atoms with Crippen molar-refractivity contribution in [3.63, 3.8) is 0 Å². The normalized spacial score (nSPS) is 12.1. The van der Waals surface area contributed by atoms with E-state index >= 15 is 0 Å². The summed E-state index contributed by atoms with van der Waals surface area (Å²) in [6.07, 6.45) is 0.553. The highest BCUT2D eigenvalue weighted by molar-refractivity contribution is 6.39. The van der Waals surface area contributed by atoms with Gasteiger partial charge in [-0.3, -0.25) is 19.0 Å². The van der Waals surface area contributed by atoms with Crippen molar-refractivity contribution in [2.24, 2.45) is 7.05 Å². The largest absolute Gasteiger partial charge is 0.467 e. The third kappa shape index (κ3) is 7.82. The fourth-order valence-electron chi connectivity index (χ4n) is 4.83. The van der Waals surface area contributed by atoms with Crippen molar-refractivity contribution >= 4 is 52.0 Å². The second kappa shape index (κ2) is 13.7. The number of rotatable bonds is 9. The number of benzene rings is 3. The SMILES string of the molecule is COC(=O)[C@H](Cc1ccc(-n2c(=O)c3cc(CCC(=O)OC(C)(C)C)ccc3n(C)c2=O)cc1)NC(=O)c1c(Cl)cccc1Cl. The van der Waals surface area contributed by atoms with Crippen LogP contribution in [0.5, 0.6) is 0 Å². The van der Waals surface area contributed by atoms with E-state index in [2.05, 4.69) is 5.32 Å². The summed E-state index contributed by atoms with van der Waals surface area (Å²) in [4.78, 5) is 64.6. The fourth-order valence-corrected chi connectivity index (χ4v) is 5.40. The van der Waals surface area contributed by atoms with Crippen LogP contribution in [0.1, 0.15) is 48.7 Å². The van der Waals surface area contributed by atoms with Crippen LogP contribution in [0.2, 0.25) is 10.0 Å². The number of halogens is 2. The Balaban J connectivity index is 1.60. The Morgan fingerprint density at radius 2 is 1.56 bits per heavy atom. The second-order valence-corrected chi connectivity index (χ2v) is 12.3. The zero-order valence-electron chi connectivity index (χ0n) is 25.5. The Bertz CT molecular complexity index is 1870. The van der Waals surface area contributed by atoms with Gasteiger partial charge in [-0.05, 0) is 74.7 Å². The molecule has 3 aromatic carbocycles. The van der Waals surface area contributed by atoms with Crippen LogP contribution >= 0.6 is 23.2 Å². The summed E-state index contributed by atoms with van der Waals surface area (Å²) in [5.74, 6) is -1.67. The standard InChI is InChI=1S/C33H33Cl2N3O7/c1-33(2,3)45-27(39)16-12-19-11-15-26-22(17-19)30(41)38(32(43)37(26)4)21-13-9-20(10-14-21)18-25(31(42)44-5)36-29(40)28-23(34)7-6-8-24(28)35/h6-11,13-15,17,25H,12,16,18H2,1-5H3,(H,36,40)/t25-/m0/s1. The lowest BCUT2D eigenvalue weighted by Crippen LogP contribution is -2.43. The number of carbonyl (C=O) groups excluding carboxylic acids is 3. The summed E-state index contributed by atoms with van der Waals surface area (Å²) in [5.41, 5.74) is 0.510. The summed E-state index contributed by atoms with van der Waals surface area (Å²) < 4.78 is 12.7. The van der Waals surface area contributed by atoms with E-state index in [1.165, 1.54) is 23.8 Å². The van der Waals surface area contributed by atoms with Gasteiger partial charge in [-0.15, -0.1) is 0 Å². The number of methoxy groups -OCH3 is 1. The molecule has 0 aliphatic carbocycles. The number of ether oxygens (including phenoxy) is 2. The fraction of sp³-hybridized carbons (Fsp3) is 0.303. The quantitative estimate of drug-likeness (QED) is 0.258. The maximum atomic E-state index is 13.6. The predicted octanol–water partition coefficient (Wildman–Crippen LogP) is 4.78. The van der Waals surface area contributed by atoms with Crippen LogP contribution in [0.3, 0.4) is 0 Å². The van der Waals surface area contributed by atoms with Gasteiger partial charge in [-0.1, -0.05) is 47.5 Å². The van der Waals surface area contributed by atoms with Crippen LogP contribution in [0.15, 0.2) is 70.3 Å². The summed E-state index contributed by atoms with van der Waals surface area (Å²) >= 11 is 12.3. The molecule has 0 radical (unpaired) electrons. The molecule has 236 valence electrons. The first kappa shape index (κ1) is 33.5. The number of hydrogen-bond acceptors (Lipinski definition) is 7. The van der Waals surface area contributed by atoms with Crippen molar-refractivity contribution in [3.05, 3.63) is 108 Å². The molecule has 1 heterocycles. The number of nitrogens with zero attached hydrogens (tertiary/aromatic N) is 2. The third-order valence-corrected chi connectivity index (χ3v) is 7.62. The van der Waals surface area contributed by atoms with E-state index in [-0.39, 0.29) is 34.4 Å². The van der Waals surface area contributed by atoms with Gasteiger partial charge in [0.1, 0.15) is 11.6 Å². The number of carbonyl (C=O) groups is 3. The zero-order chi connectivity index (χ0) is 33.1. The second-order valence-electron chi connectivity index (χ2n) is 11.4. The van der Waals surface area contributed by atoms with E-state index in [9.17, 15) is 24.0 Å². The molecule has 1 aromatic heterocycles. The summed E-state index contributed by atoms with van der Waals surface area (Å²) in [6, 6.07) is 15.2. The molecule has 1 amide bonds. The number of nitrogens with one attached hydrogen (secondary N) is 1. The first-order valence-electron chi connectivity index (χ1n) is 14.1. The van der Waals surface area contributed by atoms with E-state index in [0.29, 0.717) is 28.6 Å². The number of aryl methyl sites for hydroxylation is 2. The van der Waals surface area contributed by atoms with Crippen LogP contribution < -0.4 is 16.6 Å². The molecule has 10 nitrogen and oxygen atoms in total. The minimum Gasteiger partial charge on any atom is -0.467 e. The first-order chi connectivity index (χ1) is 21.2. The Kier molecular flexibility index (Phi) is 10.2. The molecule has 0 saturated heterocycles. The molecule has 0 aliphatic rings. The van der Waals surface area contributed by atoms with Gasteiger partial charge in [0.25, 0.3) is 11.5 Å². The molecule has 0 fully saturated rings. The van der Waals surface area contributed by atoms with Crippen LogP contribution in [0, 0.1) is 0 Å². The minimum atomic E-state index is -1.07. The highest BCUT2D eigenvalue weighted by Crippen LogP contribution is 2.24. The van der Waals surface area contributed by atoms with E-state index in [1.807, 2.05) is 0 Å². The third-order valence-electron chi connectivity index (χ3n) is 6.99. The van der Waals surface area contributed by atoms with Gasteiger partial charge in [0.2, 0.25) is 0 Å². The Labute approximate surface area is 269 Å². The Morgan fingerprint density at radius 1 is 0.933 bits per heavy atom. The lowest BCUT2D eigenvalue weighted by atomic mass is 10.0. The topological polar surface area (TPSA) is 126 Å². The summed E-state index contributed by atoms with van der Waals surface area (Å²) in [5, 5.41) is 3.19. The van der Waals surface area contributed by atoms with Gasteiger partial charge in [0.05, 0.1) is 39.3 Å². The predicted molar refractivity (Wildman–Crippen MR) is 172 cm³/mol. The lowest BCUT2D eigenvalue weighted by molar-refractivity contribution is -0.154. The maximum Gasteiger partial charge on any atom is 0.335 e. The Hall–Kier alpha value is -4.41. The summed E-state index contributed by atoms with van der Waals surface area (Å²) in [7, 11) is 2.78. The first-order valence-corrected chi connectivity index (χ1v) is 14.8. The highest BCUT2D eigenvalue weighted by atomic mass is 35.5. The highest BCUT2D eigenvalue weighted by Gasteiger charge is 2.25. The van der Waals surface area contributed by atoms with Crippen molar-refractivity contribution in [1.29, 1.82) is 0 Å². The number of esters is 2. The van der Waals surface area contributed by atoms with Crippen LogP contribution in [0.4, 0.5) is 0 Å². The smallest absolute Gasteiger partial charge is 0.335 e. The number of fused-ring (bicyclic) bond motifs is 1. The monoisotopic (exact) mass is 653 g/mol. The van der Waals surface area contributed by atoms with Gasteiger partial charge in [-0.25, -0.2) is 14.2 Å². The number of hydrogen-bond donors (Lipinski definition) is 1. The van der Waals surface area contributed by atoms with Crippen molar-refractivity contribution in [1.82, 2.24) is 14.5 Å². The van der Waals surface area contributed by atoms with Crippen molar-refractivity contribution < 1.29 is 23.9 Å². The summed E-state index contributed by atoms with van der Waals surface area (Å²) in [6.45, 7) is 5.39. The van der Waals surface area contributed by atoms with Crippen molar-refractivity contribution in [2.45, 2.75) is 51.7 Å². The van der Waals surface area contributed by atoms with Crippen LogP contribution in [-0.4, -0.2) is 45.7 Å². The molecule has 0 aliphatic heterocycles. The molecule has 0 saturated carbocycles. The number of aromatic nitrogens is 2. The molecular formula is C33H33Cl2N3O7. The molecule has 0 spiro atoms. The average molecular weight is 655 g/mol. The molecule has 4 rings (SSSR count). The molecule has 0 unspecified atom stereocenters. The van der Waals surface area contributed by atoms with Crippen LogP contribution in [0.25, 0.3) is 16.6 Å². The lowest BCUT2D eigenvalue weighted by Gasteiger charge is -2.19. The van der Waals surface area contributed by atoms with Gasteiger partial charge in [0.15, 0.2) is 0 Å². The van der Waals surface area contributed by atoms with Gasteiger partial charge >= 0.3 is 17.6 Å². The Morgan fingerprint density at radius 3 is 2.16 bits per heavy atom. The van der Waals surface area contributed by atoms with Crippen molar-refractivity contribution in [2.75, 3.05) is 7.11 Å². The van der Waals surface area contributed by atoms with E-state index in [1.54, 1.807) is 76.3 Å². The van der Waals surface area contributed by atoms with E-state index < -0.39 is 34.8 Å². The molecule has 4 aromatic rings. The average Bonchev–Trinajstić information content (AvgIpc) is 2.98. The van der Waals surface area contributed by atoms with E-state index in [0.717, 1.165) is 10.1 Å².